The van der Waals surface area contributed by atoms with E-state index < -0.39 is 0 Å². The lowest BCUT2D eigenvalue weighted by molar-refractivity contribution is 1.39. The topological polar surface area (TPSA) is 49.8 Å². The van der Waals surface area contributed by atoms with E-state index >= 15 is 0 Å². The first-order valence-electron chi connectivity index (χ1n) is 4.02. The minimum absolute atomic E-state index is 0.321. The SMILES string of the molecule is N#Cc1ccc2scc(N)c2c1CCl. The monoisotopic (exact) mass is 222 g/mol. The van der Waals surface area contributed by atoms with Crippen molar-refractivity contribution in [3.63, 3.8) is 0 Å². The van der Waals surface area contributed by atoms with E-state index in [0.29, 0.717) is 17.1 Å². The molecule has 0 unspecified atom stereocenters. The van der Waals surface area contributed by atoms with Gasteiger partial charge in [0, 0.05) is 21.3 Å². The van der Waals surface area contributed by atoms with Gasteiger partial charge < -0.3 is 5.73 Å². The van der Waals surface area contributed by atoms with E-state index in [1.807, 2.05) is 11.4 Å². The molecule has 1 aromatic carbocycles. The van der Waals surface area contributed by atoms with Crippen LogP contribution >= 0.6 is 22.9 Å². The van der Waals surface area contributed by atoms with E-state index in [1.165, 1.54) is 0 Å². The Hall–Kier alpha value is -1.24. The summed E-state index contributed by atoms with van der Waals surface area (Å²) in [6.07, 6.45) is 0. The van der Waals surface area contributed by atoms with Gasteiger partial charge in [0.15, 0.2) is 0 Å². The Labute approximate surface area is 90.5 Å². The summed E-state index contributed by atoms with van der Waals surface area (Å²) < 4.78 is 1.08. The molecule has 0 bridgehead atoms. The molecule has 1 aromatic heterocycles. The Balaban J connectivity index is 2.89. The highest BCUT2D eigenvalue weighted by atomic mass is 35.5. The fraction of sp³-hybridized carbons (Fsp3) is 0.100. The summed E-state index contributed by atoms with van der Waals surface area (Å²) in [4.78, 5) is 0. The van der Waals surface area contributed by atoms with Crippen molar-refractivity contribution < 1.29 is 0 Å². The van der Waals surface area contributed by atoms with E-state index in [2.05, 4.69) is 6.07 Å². The molecule has 1 heterocycles. The Morgan fingerprint density at radius 3 is 2.93 bits per heavy atom. The van der Waals surface area contributed by atoms with Crippen molar-refractivity contribution in [3.05, 3.63) is 28.6 Å². The van der Waals surface area contributed by atoms with E-state index in [4.69, 9.17) is 22.6 Å². The van der Waals surface area contributed by atoms with Crippen molar-refractivity contribution in [3.8, 4) is 6.07 Å². The predicted molar refractivity (Wildman–Crippen MR) is 60.5 cm³/mol. The maximum atomic E-state index is 8.89. The molecule has 0 spiro atoms. The standard InChI is InChI=1S/C10H7ClN2S/c11-3-7-6(4-12)1-2-9-10(7)8(13)5-14-9/h1-2,5H,3,13H2. The van der Waals surface area contributed by atoms with Crippen LogP contribution in [0.4, 0.5) is 5.69 Å². The summed E-state index contributed by atoms with van der Waals surface area (Å²) in [6, 6.07) is 5.82. The van der Waals surface area contributed by atoms with Crippen molar-refractivity contribution in [2.24, 2.45) is 0 Å². The highest BCUT2D eigenvalue weighted by Crippen LogP contribution is 2.33. The molecule has 4 heteroatoms. The summed E-state index contributed by atoms with van der Waals surface area (Å²) in [5, 5.41) is 11.7. The zero-order valence-corrected chi connectivity index (χ0v) is 8.82. The summed E-state index contributed by atoms with van der Waals surface area (Å²) in [7, 11) is 0. The first-order valence-corrected chi connectivity index (χ1v) is 5.44. The predicted octanol–water partition coefficient (Wildman–Crippen LogP) is 3.09. The second kappa shape index (κ2) is 3.49. The van der Waals surface area contributed by atoms with Gasteiger partial charge in [-0.05, 0) is 17.7 Å². The fourth-order valence-corrected chi connectivity index (χ4v) is 2.63. The van der Waals surface area contributed by atoms with Crippen LogP contribution in [0.15, 0.2) is 17.5 Å². The van der Waals surface area contributed by atoms with Crippen LogP contribution in [-0.2, 0) is 5.88 Å². The summed E-state index contributed by atoms with van der Waals surface area (Å²) in [5.74, 6) is 0.321. The molecule has 2 rings (SSSR count). The van der Waals surface area contributed by atoms with Crippen LogP contribution in [0.25, 0.3) is 10.1 Å². The van der Waals surface area contributed by atoms with Crippen LogP contribution in [0, 0.1) is 11.3 Å². The van der Waals surface area contributed by atoms with Crippen molar-refractivity contribution in [1.29, 1.82) is 5.26 Å². The number of nitrogen functional groups attached to an aromatic ring is 1. The highest BCUT2D eigenvalue weighted by Gasteiger charge is 2.10. The molecule has 14 heavy (non-hydrogen) atoms. The zero-order chi connectivity index (χ0) is 10.1. The van der Waals surface area contributed by atoms with Gasteiger partial charge >= 0.3 is 0 Å². The molecule has 0 aliphatic heterocycles. The largest absolute Gasteiger partial charge is 0.398 e. The minimum atomic E-state index is 0.321. The van der Waals surface area contributed by atoms with Gasteiger partial charge in [-0.2, -0.15) is 5.26 Å². The number of thiophene rings is 1. The number of nitriles is 1. The van der Waals surface area contributed by atoms with Crippen LogP contribution in [0.1, 0.15) is 11.1 Å². The number of alkyl halides is 1. The molecule has 0 saturated carbocycles. The van der Waals surface area contributed by atoms with Gasteiger partial charge in [0.1, 0.15) is 0 Å². The average Bonchev–Trinajstić information content (AvgIpc) is 2.59. The smallest absolute Gasteiger partial charge is 0.0995 e. The average molecular weight is 223 g/mol. The number of rotatable bonds is 1. The molecule has 0 aliphatic carbocycles. The Bertz CT molecular complexity index is 525. The fourth-order valence-electron chi connectivity index (χ4n) is 1.47. The third-order valence-electron chi connectivity index (χ3n) is 2.13. The third kappa shape index (κ3) is 1.24. The Morgan fingerprint density at radius 2 is 2.29 bits per heavy atom. The molecule has 70 valence electrons. The molecule has 0 saturated heterocycles. The normalized spacial score (nSPS) is 10.3. The van der Waals surface area contributed by atoms with Gasteiger partial charge in [0.2, 0.25) is 0 Å². The second-order valence-corrected chi connectivity index (χ2v) is 4.08. The highest BCUT2D eigenvalue weighted by molar-refractivity contribution is 7.17. The van der Waals surface area contributed by atoms with E-state index in [0.717, 1.165) is 15.6 Å². The van der Waals surface area contributed by atoms with Gasteiger partial charge in [-0.3, -0.25) is 0 Å². The van der Waals surface area contributed by atoms with Crippen molar-refractivity contribution in [2.75, 3.05) is 5.73 Å². The van der Waals surface area contributed by atoms with E-state index in [9.17, 15) is 0 Å². The number of fused-ring (bicyclic) bond motifs is 1. The molecular formula is C10H7ClN2S. The molecule has 0 radical (unpaired) electrons. The number of anilines is 1. The molecular weight excluding hydrogens is 216 g/mol. The van der Waals surface area contributed by atoms with Gasteiger partial charge in [0.05, 0.1) is 17.3 Å². The lowest BCUT2D eigenvalue weighted by Crippen LogP contribution is -1.90. The quantitative estimate of drug-likeness (QED) is 0.754. The molecule has 2 nitrogen and oxygen atoms in total. The van der Waals surface area contributed by atoms with Gasteiger partial charge in [-0.15, -0.1) is 22.9 Å². The third-order valence-corrected chi connectivity index (χ3v) is 3.36. The number of benzene rings is 1. The lowest BCUT2D eigenvalue weighted by atomic mass is 10.1. The first-order chi connectivity index (χ1) is 6.77. The van der Waals surface area contributed by atoms with E-state index in [1.54, 1.807) is 17.4 Å². The number of hydrogen-bond donors (Lipinski definition) is 1. The van der Waals surface area contributed by atoms with Crippen molar-refractivity contribution in [1.82, 2.24) is 0 Å². The second-order valence-electron chi connectivity index (χ2n) is 2.90. The molecule has 2 aromatic rings. The molecule has 0 aliphatic rings. The Kier molecular flexibility index (Phi) is 2.32. The van der Waals surface area contributed by atoms with Crippen LogP contribution < -0.4 is 5.73 Å². The summed E-state index contributed by atoms with van der Waals surface area (Å²) >= 11 is 7.39. The number of nitrogens with zero attached hydrogens (tertiary/aromatic N) is 1. The summed E-state index contributed by atoms with van der Waals surface area (Å²) in [6.45, 7) is 0. The van der Waals surface area contributed by atoms with Crippen LogP contribution in [-0.4, -0.2) is 0 Å². The van der Waals surface area contributed by atoms with Crippen molar-refractivity contribution >= 4 is 38.7 Å². The number of halogens is 1. The lowest BCUT2D eigenvalue weighted by Gasteiger charge is -2.02. The number of hydrogen-bond acceptors (Lipinski definition) is 3. The molecule has 0 fully saturated rings. The molecule has 2 N–H and O–H groups in total. The van der Waals surface area contributed by atoms with Crippen LogP contribution in [0.5, 0.6) is 0 Å². The maximum Gasteiger partial charge on any atom is 0.0995 e. The van der Waals surface area contributed by atoms with Gasteiger partial charge in [-0.1, -0.05) is 0 Å². The first kappa shape index (κ1) is 9.32. The summed E-state index contributed by atoms with van der Waals surface area (Å²) in [5.41, 5.74) is 7.97. The van der Waals surface area contributed by atoms with Gasteiger partial charge in [-0.25, -0.2) is 0 Å². The zero-order valence-electron chi connectivity index (χ0n) is 7.25. The maximum absolute atomic E-state index is 8.89. The Morgan fingerprint density at radius 1 is 1.50 bits per heavy atom. The van der Waals surface area contributed by atoms with E-state index in [-0.39, 0.29) is 0 Å². The molecule has 0 atom stereocenters. The van der Waals surface area contributed by atoms with Crippen LogP contribution in [0.2, 0.25) is 0 Å². The van der Waals surface area contributed by atoms with Crippen molar-refractivity contribution in [2.45, 2.75) is 5.88 Å². The van der Waals surface area contributed by atoms with Gasteiger partial charge in [0.25, 0.3) is 0 Å². The minimum Gasteiger partial charge on any atom is -0.398 e. The van der Waals surface area contributed by atoms with Crippen LogP contribution in [0.3, 0.4) is 0 Å². The number of nitrogens with two attached hydrogens (primary N) is 1. The molecule has 0 amide bonds.